The van der Waals surface area contributed by atoms with Crippen LogP contribution in [-0.4, -0.2) is 37.5 Å². The van der Waals surface area contributed by atoms with Crippen LogP contribution in [0.2, 0.25) is 0 Å². The van der Waals surface area contributed by atoms with Crippen LogP contribution in [0, 0.1) is 0 Å². The molecule has 0 aliphatic heterocycles. The summed E-state index contributed by atoms with van der Waals surface area (Å²) in [4.78, 5) is 1.04. The van der Waals surface area contributed by atoms with Crippen molar-refractivity contribution in [2.24, 2.45) is 0 Å². The lowest BCUT2D eigenvalue weighted by Crippen LogP contribution is -2.40. The first-order valence-electron chi connectivity index (χ1n) is 7.01. The van der Waals surface area contributed by atoms with E-state index in [1.807, 2.05) is 30.5 Å². The van der Waals surface area contributed by atoms with Crippen molar-refractivity contribution in [1.82, 2.24) is 4.72 Å². The standard InChI is InChI=1S/C14H22N2O2S3/c1-19-14-4-2-3-13(14)16-21(17,18)10-9-20-12-7-5-11(15)6-8-12/h5-8,13-14,16H,2-4,9-10,15H2,1H3. The molecule has 0 saturated heterocycles. The Morgan fingerprint density at radius 2 is 2.00 bits per heavy atom. The maximum absolute atomic E-state index is 12.1. The molecule has 0 spiro atoms. The van der Waals surface area contributed by atoms with Crippen molar-refractivity contribution in [2.45, 2.75) is 35.4 Å². The minimum absolute atomic E-state index is 0.103. The van der Waals surface area contributed by atoms with Gasteiger partial charge in [0.1, 0.15) is 0 Å². The highest BCUT2D eigenvalue weighted by Gasteiger charge is 2.29. The number of anilines is 1. The second-order valence-corrected chi connectivity index (χ2v) is 9.28. The summed E-state index contributed by atoms with van der Waals surface area (Å²) in [5, 5.41) is 0.421. The molecule has 7 heteroatoms. The maximum atomic E-state index is 12.1. The SMILES string of the molecule is CSC1CCCC1NS(=O)(=O)CCSc1ccc(N)cc1. The van der Waals surface area contributed by atoms with Crippen molar-refractivity contribution < 1.29 is 8.42 Å². The zero-order chi connectivity index (χ0) is 15.3. The highest BCUT2D eigenvalue weighted by Crippen LogP contribution is 2.29. The van der Waals surface area contributed by atoms with Crippen molar-refractivity contribution in [1.29, 1.82) is 0 Å². The van der Waals surface area contributed by atoms with Gasteiger partial charge in [-0.05, 0) is 43.4 Å². The third-order valence-electron chi connectivity index (χ3n) is 3.59. The molecule has 1 aliphatic carbocycles. The fraction of sp³-hybridized carbons (Fsp3) is 0.571. The Balaban J connectivity index is 1.80. The molecule has 2 rings (SSSR count). The fourth-order valence-corrected chi connectivity index (χ4v) is 6.12. The first-order chi connectivity index (χ1) is 10.00. The van der Waals surface area contributed by atoms with Gasteiger partial charge < -0.3 is 5.73 Å². The van der Waals surface area contributed by atoms with Crippen LogP contribution in [0.4, 0.5) is 5.69 Å². The van der Waals surface area contributed by atoms with Crippen LogP contribution >= 0.6 is 23.5 Å². The van der Waals surface area contributed by atoms with E-state index in [9.17, 15) is 8.42 Å². The highest BCUT2D eigenvalue weighted by molar-refractivity contribution is 8.00. The molecule has 0 bridgehead atoms. The van der Waals surface area contributed by atoms with Crippen molar-refractivity contribution in [3.05, 3.63) is 24.3 Å². The molecule has 0 amide bonds. The molecule has 2 atom stereocenters. The van der Waals surface area contributed by atoms with E-state index >= 15 is 0 Å². The van der Waals surface area contributed by atoms with E-state index in [1.165, 1.54) is 0 Å². The van der Waals surface area contributed by atoms with Gasteiger partial charge in [0, 0.05) is 27.6 Å². The first kappa shape index (κ1) is 17.0. The summed E-state index contributed by atoms with van der Waals surface area (Å²) in [7, 11) is -3.20. The Morgan fingerprint density at radius 1 is 1.29 bits per heavy atom. The Labute approximate surface area is 135 Å². The molecular formula is C14H22N2O2S3. The van der Waals surface area contributed by atoms with E-state index < -0.39 is 10.0 Å². The molecule has 1 saturated carbocycles. The molecule has 4 nitrogen and oxygen atoms in total. The van der Waals surface area contributed by atoms with Crippen LogP contribution in [0.25, 0.3) is 0 Å². The van der Waals surface area contributed by atoms with E-state index in [1.54, 1.807) is 23.5 Å². The second-order valence-electron chi connectivity index (χ2n) is 5.17. The van der Waals surface area contributed by atoms with Gasteiger partial charge in [0.25, 0.3) is 0 Å². The number of nitrogens with one attached hydrogen (secondary N) is 1. The summed E-state index contributed by atoms with van der Waals surface area (Å²) < 4.78 is 27.1. The van der Waals surface area contributed by atoms with Crippen LogP contribution in [-0.2, 0) is 10.0 Å². The zero-order valence-corrected chi connectivity index (χ0v) is 14.6. The minimum Gasteiger partial charge on any atom is -0.399 e. The van der Waals surface area contributed by atoms with Crippen LogP contribution < -0.4 is 10.5 Å². The van der Waals surface area contributed by atoms with Crippen molar-refractivity contribution in [3.63, 3.8) is 0 Å². The molecule has 0 heterocycles. The van der Waals surface area contributed by atoms with E-state index in [-0.39, 0.29) is 11.8 Å². The lowest BCUT2D eigenvalue weighted by atomic mass is 10.3. The van der Waals surface area contributed by atoms with Crippen LogP contribution in [0.3, 0.4) is 0 Å². The first-order valence-corrected chi connectivity index (χ1v) is 10.9. The molecule has 21 heavy (non-hydrogen) atoms. The fourth-order valence-electron chi connectivity index (χ4n) is 2.47. The molecule has 0 radical (unpaired) electrons. The summed E-state index contributed by atoms with van der Waals surface area (Å²) in [5.41, 5.74) is 6.35. The molecule has 0 aromatic heterocycles. The monoisotopic (exact) mass is 346 g/mol. The van der Waals surface area contributed by atoms with Gasteiger partial charge in [-0.25, -0.2) is 13.1 Å². The topological polar surface area (TPSA) is 72.2 Å². The summed E-state index contributed by atoms with van der Waals surface area (Å²) in [6, 6.07) is 7.60. The lowest BCUT2D eigenvalue weighted by molar-refractivity contribution is 0.556. The van der Waals surface area contributed by atoms with Gasteiger partial charge in [-0.15, -0.1) is 11.8 Å². The zero-order valence-electron chi connectivity index (χ0n) is 12.1. The molecule has 3 N–H and O–H groups in total. The average Bonchev–Trinajstić information content (AvgIpc) is 2.87. The Hall–Kier alpha value is -0.370. The number of thioether (sulfide) groups is 2. The number of benzene rings is 1. The number of rotatable bonds is 7. The predicted octanol–water partition coefficient (Wildman–Crippen LogP) is 2.56. The molecule has 118 valence electrons. The second kappa shape index (κ2) is 7.76. The van der Waals surface area contributed by atoms with Crippen LogP contribution in [0.5, 0.6) is 0 Å². The van der Waals surface area contributed by atoms with E-state index in [2.05, 4.69) is 4.72 Å². The van der Waals surface area contributed by atoms with Gasteiger partial charge in [0.15, 0.2) is 0 Å². The molecular weight excluding hydrogens is 324 g/mol. The van der Waals surface area contributed by atoms with Crippen molar-refractivity contribution in [2.75, 3.05) is 23.5 Å². The number of nitrogen functional groups attached to an aromatic ring is 1. The molecule has 1 fully saturated rings. The molecule has 1 aromatic carbocycles. The van der Waals surface area contributed by atoms with Gasteiger partial charge in [0.05, 0.1) is 5.75 Å². The minimum atomic E-state index is -3.20. The largest absolute Gasteiger partial charge is 0.399 e. The van der Waals surface area contributed by atoms with Crippen LogP contribution in [0.15, 0.2) is 29.2 Å². The number of nitrogens with two attached hydrogens (primary N) is 1. The summed E-state index contributed by atoms with van der Waals surface area (Å²) in [5.74, 6) is 0.704. The Morgan fingerprint density at radius 3 is 2.67 bits per heavy atom. The molecule has 1 aliphatic rings. The molecule has 2 unspecified atom stereocenters. The highest BCUT2D eigenvalue weighted by atomic mass is 32.2. The maximum Gasteiger partial charge on any atom is 0.212 e. The molecule has 1 aromatic rings. The smallest absolute Gasteiger partial charge is 0.212 e. The summed E-state index contributed by atoms with van der Waals surface area (Å²) in [6.45, 7) is 0. The van der Waals surface area contributed by atoms with Gasteiger partial charge in [-0.3, -0.25) is 0 Å². The van der Waals surface area contributed by atoms with Gasteiger partial charge in [-0.2, -0.15) is 11.8 Å². The van der Waals surface area contributed by atoms with Gasteiger partial charge in [0.2, 0.25) is 10.0 Å². The normalized spacial score (nSPS) is 22.5. The third kappa shape index (κ3) is 5.39. The summed E-state index contributed by atoms with van der Waals surface area (Å²) >= 11 is 3.30. The average molecular weight is 347 g/mol. The van der Waals surface area contributed by atoms with Crippen LogP contribution in [0.1, 0.15) is 19.3 Å². The predicted molar refractivity (Wildman–Crippen MR) is 93.4 cm³/mol. The quantitative estimate of drug-likeness (QED) is 0.586. The van der Waals surface area contributed by atoms with E-state index in [0.717, 1.165) is 29.8 Å². The Kier molecular flexibility index (Phi) is 6.28. The number of sulfonamides is 1. The third-order valence-corrected chi connectivity index (χ3v) is 7.43. The summed E-state index contributed by atoms with van der Waals surface area (Å²) in [6.07, 6.45) is 5.22. The lowest BCUT2D eigenvalue weighted by Gasteiger charge is -2.19. The van der Waals surface area contributed by atoms with E-state index in [4.69, 9.17) is 5.73 Å². The van der Waals surface area contributed by atoms with Crippen molar-refractivity contribution >= 4 is 39.2 Å². The number of hydrogen-bond donors (Lipinski definition) is 2. The van der Waals surface area contributed by atoms with Gasteiger partial charge in [-0.1, -0.05) is 6.42 Å². The van der Waals surface area contributed by atoms with Gasteiger partial charge >= 0.3 is 0 Å². The number of hydrogen-bond acceptors (Lipinski definition) is 5. The van der Waals surface area contributed by atoms with Crippen molar-refractivity contribution in [3.8, 4) is 0 Å². The Bertz CT molecular complexity index is 546. The van der Waals surface area contributed by atoms with E-state index in [0.29, 0.717) is 11.0 Å².